The first-order valence-electron chi connectivity index (χ1n) is 9.48. The fourth-order valence-corrected chi connectivity index (χ4v) is 6.02. The zero-order valence-corrected chi connectivity index (χ0v) is 18.8. The molecular weight excluding hydrogens is 422 g/mol. The minimum atomic E-state index is -0.564. The molecule has 0 bridgehead atoms. The highest BCUT2D eigenvalue weighted by atomic mass is 32.2. The second kappa shape index (κ2) is 10.6. The zero-order valence-electron chi connectivity index (χ0n) is 17.2. The summed E-state index contributed by atoms with van der Waals surface area (Å²) in [6, 6.07) is 12.4. The van der Waals surface area contributed by atoms with Gasteiger partial charge in [-0.15, -0.1) is 23.5 Å². The molecule has 0 spiro atoms. The number of esters is 1. The van der Waals surface area contributed by atoms with Crippen LogP contribution in [-0.2, 0) is 9.53 Å². The highest BCUT2D eigenvalue weighted by molar-refractivity contribution is 8.19. The normalized spacial score (nSPS) is 14.8. The molecule has 1 heterocycles. The van der Waals surface area contributed by atoms with Crippen LogP contribution in [0.3, 0.4) is 0 Å². The summed E-state index contributed by atoms with van der Waals surface area (Å²) in [4.78, 5) is 24.8. The van der Waals surface area contributed by atoms with Gasteiger partial charge in [-0.3, -0.25) is 9.59 Å². The lowest BCUT2D eigenvalue weighted by Crippen LogP contribution is -2.30. The summed E-state index contributed by atoms with van der Waals surface area (Å²) in [5, 5.41) is 2.95. The van der Waals surface area contributed by atoms with Gasteiger partial charge in [0, 0.05) is 17.1 Å². The van der Waals surface area contributed by atoms with Crippen molar-refractivity contribution < 1.29 is 23.8 Å². The Morgan fingerprint density at radius 2 is 1.67 bits per heavy atom. The van der Waals surface area contributed by atoms with Gasteiger partial charge >= 0.3 is 5.97 Å². The molecule has 30 heavy (non-hydrogen) atoms. The van der Waals surface area contributed by atoms with E-state index in [2.05, 4.69) is 5.32 Å². The van der Waals surface area contributed by atoms with Crippen molar-refractivity contribution in [2.75, 3.05) is 32.8 Å². The van der Waals surface area contributed by atoms with Crippen LogP contribution in [0.2, 0.25) is 0 Å². The summed E-state index contributed by atoms with van der Waals surface area (Å²) >= 11 is 3.84. The average Bonchev–Trinajstić information content (AvgIpc) is 3.33. The molecule has 3 rings (SSSR count). The van der Waals surface area contributed by atoms with E-state index in [1.54, 1.807) is 25.3 Å². The predicted octanol–water partition coefficient (Wildman–Crippen LogP) is 4.22. The Bertz CT molecular complexity index is 882. The molecule has 1 atom stereocenters. The Morgan fingerprint density at radius 1 is 1.00 bits per heavy atom. The first-order chi connectivity index (χ1) is 14.5. The number of hydrogen-bond donors (Lipinski definition) is 1. The third-order valence-corrected chi connectivity index (χ3v) is 7.88. The van der Waals surface area contributed by atoms with Crippen molar-refractivity contribution in [2.24, 2.45) is 0 Å². The van der Waals surface area contributed by atoms with E-state index in [1.165, 1.54) is 19.8 Å². The zero-order chi connectivity index (χ0) is 21.5. The van der Waals surface area contributed by atoms with E-state index in [0.29, 0.717) is 21.6 Å². The number of ether oxygens (including phenoxy) is 3. The lowest BCUT2D eigenvalue weighted by Gasteiger charge is -2.20. The van der Waals surface area contributed by atoms with Gasteiger partial charge in [0.05, 0.1) is 38.4 Å². The lowest BCUT2D eigenvalue weighted by atomic mass is 10.0. The number of thioether (sulfide) groups is 2. The molecule has 0 saturated carbocycles. The molecule has 1 unspecified atom stereocenters. The van der Waals surface area contributed by atoms with Gasteiger partial charge < -0.3 is 19.5 Å². The Kier molecular flexibility index (Phi) is 7.93. The Hall–Kier alpha value is -2.32. The molecule has 0 radical (unpaired) electrons. The quantitative estimate of drug-likeness (QED) is 0.608. The summed E-state index contributed by atoms with van der Waals surface area (Å²) in [6.07, 6.45) is 0.00512. The molecule has 8 heteroatoms. The number of carbonyl (C=O) groups excluding carboxylic acids is 2. The summed E-state index contributed by atoms with van der Waals surface area (Å²) in [7, 11) is 4.42. The maximum Gasteiger partial charge on any atom is 0.307 e. The van der Waals surface area contributed by atoms with E-state index in [0.717, 1.165) is 17.1 Å². The van der Waals surface area contributed by atoms with Gasteiger partial charge in [-0.25, -0.2) is 0 Å². The maximum atomic E-state index is 12.9. The van der Waals surface area contributed by atoms with E-state index >= 15 is 0 Å². The third-order valence-electron chi connectivity index (χ3n) is 4.78. The monoisotopic (exact) mass is 447 g/mol. The van der Waals surface area contributed by atoms with Gasteiger partial charge in [0.15, 0.2) is 11.5 Å². The van der Waals surface area contributed by atoms with E-state index in [1.807, 2.05) is 47.8 Å². The highest BCUT2D eigenvalue weighted by Crippen LogP contribution is 2.45. The smallest absolute Gasteiger partial charge is 0.307 e. The number of carbonyl (C=O) groups is 2. The third kappa shape index (κ3) is 5.43. The predicted molar refractivity (Wildman–Crippen MR) is 120 cm³/mol. The van der Waals surface area contributed by atoms with Gasteiger partial charge in [0.25, 0.3) is 5.91 Å². The Morgan fingerprint density at radius 3 is 2.27 bits per heavy atom. The fourth-order valence-electron chi connectivity index (χ4n) is 3.16. The summed E-state index contributed by atoms with van der Waals surface area (Å²) < 4.78 is 15.9. The van der Waals surface area contributed by atoms with Crippen LogP contribution in [0.25, 0.3) is 0 Å². The molecule has 1 N–H and O–H groups in total. The first-order valence-corrected chi connectivity index (χ1v) is 11.6. The van der Waals surface area contributed by atoms with E-state index in [4.69, 9.17) is 14.2 Å². The molecule has 1 fully saturated rings. The number of benzene rings is 2. The van der Waals surface area contributed by atoms with Gasteiger partial charge in [-0.05, 0) is 35.4 Å². The van der Waals surface area contributed by atoms with Gasteiger partial charge in [-0.1, -0.05) is 18.2 Å². The van der Waals surface area contributed by atoms with E-state index in [-0.39, 0.29) is 12.3 Å². The molecule has 0 aliphatic carbocycles. The highest BCUT2D eigenvalue weighted by Gasteiger charge is 2.22. The Balaban J connectivity index is 1.79. The van der Waals surface area contributed by atoms with Crippen LogP contribution in [0.15, 0.2) is 42.5 Å². The van der Waals surface area contributed by atoms with Crippen molar-refractivity contribution >= 4 is 35.4 Å². The van der Waals surface area contributed by atoms with Crippen LogP contribution in [0, 0.1) is 0 Å². The molecule has 2 aromatic rings. The first kappa shape index (κ1) is 22.4. The lowest BCUT2D eigenvalue weighted by molar-refractivity contribution is -0.141. The molecule has 6 nitrogen and oxygen atoms in total. The Labute approximate surface area is 185 Å². The maximum absolute atomic E-state index is 12.9. The number of amides is 1. The largest absolute Gasteiger partial charge is 0.493 e. The van der Waals surface area contributed by atoms with Crippen LogP contribution in [-0.4, -0.2) is 44.7 Å². The van der Waals surface area contributed by atoms with Crippen LogP contribution in [0.5, 0.6) is 11.5 Å². The topological polar surface area (TPSA) is 73.9 Å². The van der Waals surface area contributed by atoms with Gasteiger partial charge in [0.1, 0.15) is 0 Å². The van der Waals surface area contributed by atoms with Gasteiger partial charge in [0.2, 0.25) is 0 Å². The molecule has 0 aromatic heterocycles. The average molecular weight is 448 g/mol. The number of nitrogens with one attached hydrogen (secondary N) is 1. The minimum Gasteiger partial charge on any atom is -0.493 e. The van der Waals surface area contributed by atoms with Crippen LogP contribution in [0.4, 0.5) is 0 Å². The van der Waals surface area contributed by atoms with E-state index in [9.17, 15) is 9.59 Å². The van der Waals surface area contributed by atoms with Crippen molar-refractivity contribution in [3.63, 3.8) is 0 Å². The number of rotatable bonds is 8. The SMILES string of the molecule is COC(=O)CC(NC(=O)c1ccc(C2SCCS2)cc1)c1ccc(OC)c(OC)c1. The summed E-state index contributed by atoms with van der Waals surface area (Å²) in [5.41, 5.74) is 2.48. The second-order valence-corrected chi connectivity index (χ2v) is 9.34. The molecule has 160 valence electrons. The summed E-state index contributed by atoms with van der Waals surface area (Å²) in [6.45, 7) is 0. The van der Waals surface area contributed by atoms with Crippen molar-refractivity contribution in [3.05, 3.63) is 59.2 Å². The summed E-state index contributed by atoms with van der Waals surface area (Å²) in [5.74, 6) is 2.73. The number of methoxy groups -OCH3 is 3. The van der Waals surface area contributed by atoms with Crippen molar-refractivity contribution in [1.29, 1.82) is 0 Å². The standard InChI is InChI=1S/C22H25NO5S2/c1-26-18-9-8-16(12-19(18)27-2)17(13-20(24)28-3)23-21(25)14-4-6-15(7-5-14)22-29-10-11-30-22/h4-9,12,17,22H,10-11,13H2,1-3H3,(H,23,25). The second-order valence-electron chi connectivity index (χ2n) is 6.62. The molecular formula is C22H25NO5S2. The molecule has 1 amide bonds. The molecule has 1 aliphatic rings. The fraction of sp³-hybridized carbons (Fsp3) is 0.364. The molecule has 2 aromatic carbocycles. The van der Waals surface area contributed by atoms with E-state index < -0.39 is 12.0 Å². The van der Waals surface area contributed by atoms with Crippen molar-refractivity contribution in [3.8, 4) is 11.5 Å². The van der Waals surface area contributed by atoms with Gasteiger partial charge in [-0.2, -0.15) is 0 Å². The van der Waals surface area contributed by atoms with Crippen molar-refractivity contribution in [1.82, 2.24) is 5.32 Å². The van der Waals surface area contributed by atoms with Crippen LogP contribution in [0.1, 0.15) is 38.5 Å². The van der Waals surface area contributed by atoms with Crippen molar-refractivity contribution in [2.45, 2.75) is 17.0 Å². The minimum absolute atomic E-state index is 0.00512. The molecule has 1 saturated heterocycles. The van der Waals surface area contributed by atoms with Crippen LogP contribution >= 0.6 is 23.5 Å². The van der Waals surface area contributed by atoms with Crippen LogP contribution < -0.4 is 14.8 Å². The molecule has 1 aliphatic heterocycles. The number of hydrogen-bond acceptors (Lipinski definition) is 7.